The lowest BCUT2D eigenvalue weighted by molar-refractivity contribution is 0.0598. The molecule has 0 fully saturated rings. The maximum absolute atomic E-state index is 11.7. The predicted molar refractivity (Wildman–Crippen MR) is 87.5 cm³/mol. The number of carbonyl (C=O) groups is 1. The summed E-state index contributed by atoms with van der Waals surface area (Å²) in [5, 5.41) is 9.05. The molecule has 3 aromatic rings. The number of esters is 1. The SMILES string of the molecule is C=CCn1c(SCc2occc2C(=O)OC)nnc1-c1ccco1. The summed E-state index contributed by atoms with van der Waals surface area (Å²) in [6, 6.07) is 5.20. The zero-order valence-electron chi connectivity index (χ0n) is 13.0. The standard InChI is InChI=1S/C16H15N3O4S/c1-3-7-19-14(12-5-4-8-22-12)17-18-16(19)24-10-13-11(6-9-23-13)15(20)21-2/h3-6,8-9H,1,7,10H2,2H3. The van der Waals surface area contributed by atoms with Gasteiger partial charge in [0.15, 0.2) is 10.9 Å². The summed E-state index contributed by atoms with van der Waals surface area (Å²) in [7, 11) is 1.34. The number of furan rings is 2. The molecule has 0 aromatic carbocycles. The van der Waals surface area contributed by atoms with E-state index in [1.165, 1.54) is 25.1 Å². The topological polar surface area (TPSA) is 83.3 Å². The van der Waals surface area contributed by atoms with Crippen molar-refractivity contribution >= 4 is 17.7 Å². The molecule has 0 spiro atoms. The fraction of sp³-hybridized carbons (Fsp3) is 0.188. The van der Waals surface area contributed by atoms with Gasteiger partial charge in [-0.3, -0.25) is 4.57 Å². The quantitative estimate of drug-likeness (QED) is 0.369. The van der Waals surface area contributed by atoms with E-state index in [-0.39, 0.29) is 0 Å². The first kappa shape index (κ1) is 16.1. The van der Waals surface area contributed by atoms with Gasteiger partial charge in [0.25, 0.3) is 0 Å². The lowest BCUT2D eigenvalue weighted by Crippen LogP contribution is -2.03. The Hall–Kier alpha value is -2.74. The second-order valence-electron chi connectivity index (χ2n) is 4.72. The predicted octanol–water partition coefficient (Wildman–Crippen LogP) is 3.40. The van der Waals surface area contributed by atoms with Gasteiger partial charge in [0, 0.05) is 6.54 Å². The Morgan fingerprint density at radius 2 is 2.25 bits per heavy atom. The van der Waals surface area contributed by atoms with Crippen LogP contribution < -0.4 is 0 Å². The molecule has 0 radical (unpaired) electrons. The van der Waals surface area contributed by atoms with E-state index in [1.54, 1.807) is 24.5 Å². The van der Waals surface area contributed by atoms with Crippen LogP contribution in [0.3, 0.4) is 0 Å². The molecule has 24 heavy (non-hydrogen) atoms. The number of hydrogen-bond acceptors (Lipinski definition) is 7. The molecule has 0 aliphatic rings. The third-order valence-corrected chi connectivity index (χ3v) is 4.22. The molecule has 3 aromatic heterocycles. The van der Waals surface area contributed by atoms with Gasteiger partial charge >= 0.3 is 5.97 Å². The lowest BCUT2D eigenvalue weighted by Gasteiger charge is -2.06. The van der Waals surface area contributed by atoms with Crippen LogP contribution in [0.2, 0.25) is 0 Å². The molecule has 0 saturated heterocycles. The van der Waals surface area contributed by atoms with E-state index in [0.29, 0.717) is 40.4 Å². The minimum Gasteiger partial charge on any atom is -0.468 e. The third kappa shape index (κ3) is 3.13. The van der Waals surface area contributed by atoms with E-state index < -0.39 is 5.97 Å². The molecule has 0 atom stereocenters. The van der Waals surface area contributed by atoms with Crippen LogP contribution >= 0.6 is 11.8 Å². The summed E-state index contributed by atoms with van der Waals surface area (Å²) in [5.41, 5.74) is 0.408. The first-order chi connectivity index (χ1) is 11.7. The third-order valence-electron chi connectivity index (χ3n) is 3.25. The maximum Gasteiger partial charge on any atom is 0.341 e. The molecular formula is C16H15N3O4S. The van der Waals surface area contributed by atoms with Crippen LogP contribution in [0.4, 0.5) is 0 Å². The average molecular weight is 345 g/mol. The summed E-state index contributed by atoms with van der Waals surface area (Å²) in [6.07, 6.45) is 4.80. The Kier molecular flexibility index (Phi) is 4.85. The minimum absolute atomic E-state index is 0.408. The first-order valence-electron chi connectivity index (χ1n) is 7.10. The van der Waals surface area contributed by atoms with E-state index in [1.807, 2.05) is 10.6 Å². The number of ether oxygens (including phenoxy) is 1. The molecule has 0 amide bonds. The molecule has 0 N–H and O–H groups in total. The van der Waals surface area contributed by atoms with E-state index in [0.717, 1.165) is 0 Å². The van der Waals surface area contributed by atoms with Gasteiger partial charge in [0.2, 0.25) is 5.82 Å². The molecule has 0 saturated carbocycles. The zero-order valence-corrected chi connectivity index (χ0v) is 13.8. The maximum atomic E-state index is 11.7. The highest BCUT2D eigenvalue weighted by Gasteiger charge is 2.19. The normalized spacial score (nSPS) is 10.7. The molecule has 7 nitrogen and oxygen atoms in total. The highest BCUT2D eigenvalue weighted by atomic mass is 32.2. The van der Waals surface area contributed by atoms with E-state index in [4.69, 9.17) is 13.6 Å². The fourth-order valence-electron chi connectivity index (χ4n) is 2.15. The monoisotopic (exact) mass is 345 g/mol. The van der Waals surface area contributed by atoms with Gasteiger partial charge < -0.3 is 13.6 Å². The van der Waals surface area contributed by atoms with Crippen molar-refractivity contribution in [3.8, 4) is 11.6 Å². The average Bonchev–Trinajstić information content (AvgIpc) is 3.33. The van der Waals surface area contributed by atoms with Gasteiger partial charge in [-0.1, -0.05) is 17.8 Å². The minimum atomic E-state index is -0.428. The van der Waals surface area contributed by atoms with E-state index in [2.05, 4.69) is 16.8 Å². The van der Waals surface area contributed by atoms with Crippen LogP contribution in [0, 0.1) is 0 Å². The Morgan fingerprint density at radius 1 is 1.38 bits per heavy atom. The first-order valence-corrected chi connectivity index (χ1v) is 8.08. The Bertz CT molecular complexity index is 836. The molecule has 0 bridgehead atoms. The second kappa shape index (κ2) is 7.22. The van der Waals surface area contributed by atoms with Crippen molar-refractivity contribution < 1.29 is 18.4 Å². The van der Waals surface area contributed by atoms with Crippen LogP contribution in [-0.2, 0) is 17.0 Å². The molecule has 124 valence electrons. The Balaban J connectivity index is 1.82. The van der Waals surface area contributed by atoms with Crippen LogP contribution in [0.25, 0.3) is 11.6 Å². The second-order valence-corrected chi connectivity index (χ2v) is 5.66. The smallest absolute Gasteiger partial charge is 0.341 e. The van der Waals surface area contributed by atoms with Gasteiger partial charge in [0.05, 0.1) is 25.4 Å². The molecule has 0 aliphatic carbocycles. The number of aromatic nitrogens is 3. The highest BCUT2D eigenvalue weighted by molar-refractivity contribution is 7.98. The number of carbonyl (C=O) groups excluding carboxylic acids is 1. The van der Waals surface area contributed by atoms with Gasteiger partial charge in [-0.2, -0.15) is 0 Å². The van der Waals surface area contributed by atoms with Crippen molar-refractivity contribution in [3.05, 3.63) is 54.7 Å². The number of nitrogens with zero attached hydrogens (tertiary/aromatic N) is 3. The molecule has 8 heteroatoms. The highest BCUT2D eigenvalue weighted by Crippen LogP contribution is 2.28. The molecule has 3 rings (SSSR count). The zero-order chi connectivity index (χ0) is 16.9. The number of rotatable bonds is 7. The number of allylic oxidation sites excluding steroid dienone is 1. The van der Waals surface area contributed by atoms with Gasteiger partial charge in [-0.25, -0.2) is 4.79 Å². The Labute approximate surface area is 142 Å². The molecule has 3 heterocycles. The fourth-order valence-corrected chi connectivity index (χ4v) is 3.05. The van der Waals surface area contributed by atoms with Gasteiger partial charge in [-0.15, -0.1) is 16.8 Å². The van der Waals surface area contributed by atoms with Crippen molar-refractivity contribution in [3.63, 3.8) is 0 Å². The van der Waals surface area contributed by atoms with Crippen LogP contribution in [0.5, 0.6) is 0 Å². The van der Waals surface area contributed by atoms with Gasteiger partial charge in [0.1, 0.15) is 11.3 Å². The number of thioether (sulfide) groups is 1. The number of methoxy groups -OCH3 is 1. The summed E-state index contributed by atoms with van der Waals surface area (Å²) in [5.74, 6) is 1.77. The number of hydrogen-bond donors (Lipinski definition) is 0. The van der Waals surface area contributed by atoms with Crippen molar-refractivity contribution in [2.75, 3.05) is 7.11 Å². The van der Waals surface area contributed by atoms with Crippen molar-refractivity contribution in [1.82, 2.24) is 14.8 Å². The van der Waals surface area contributed by atoms with Crippen LogP contribution in [0.15, 0.2) is 57.4 Å². The lowest BCUT2D eigenvalue weighted by atomic mass is 10.3. The molecular weight excluding hydrogens is 330 g/mol. The summed E-state index contributed by atoms with van der Waals surface area (Å²) < 4.78 is 17.4. The van der Waals surface area contributed by atoms with Crippen LogP contribution in [0.1, 0.15) is 16.1 Å². The van der Waals surface area contributed by atoms with Crippen molar-refractivity contribution in [2.45, 2.75) is 17.5 Å². The summed E-state index contributed by atoms with van der Waals surface area (Å²) in [6.45, 7) is 4.30. The van der Waals surface area contributed by atoms with E-state index in [9.17, 15) is 4.79 Å². The Morgan fingerprint density at radius 3 is 2.96 bits per heavy atom. The molecule has 0 aliphatic heterocycles. The van der Waals surface area contributed by atoms with Crippen LogP contribution in [-0.4, -0.2) is 27.8 Å². The van der Waals surface area contributed by atoms with Crippen molar-refractivity contribution in [1.29, 1.82) is 0 Å². The molecule has 0 unspecified atom stereocenters. The van der Waals surface area contributed by atoms with E-state index >= 15 is 0 Å². The van der Waals surface area contributed by atoms with Crippen molar-refractivity contribution in [2.24, 2.45) is 0 Å². The summed E-state index contributed by atoms with van der Waals surface area (Å²) in [4.78, 5) is 11.7. The largest absolute Gasteiger partial charge is 0.468 e. The van der Waals surface area contributed by atoms with Gasteiger partial charge in [-0.05, 0) is 18.2 Å². The summed E-state index contributed by atoms with van der Waals surface area (Å²) >= 11 is 1.40.